The van der Waals surface area contributed by atoms with Crippen molar-refractivity contribution in [1.29, 1.82) is 0 Å². The predicted molar refractivity (Wildman–Crippen MR) is 85.4 cm³/mol. The Labute approximate surface area is 131 Å². The zero-order valence-corrected chi connectivity index (χ0v) is 13.4. The normalized spacial score (nSPS) is 10.8. The van der Waals surface area contributed by atoms with Gasteiger partial charge in [0.1, 0.15) is 5.76 Å². The third-order valence-corrected chi connectivity index (χ3v) is 3.19. The fourth-order valence-corrected chi connectivity index (χ4v) is 2.07. The van der Waals surface area contributed by atoms with E-state index in [0.29, 0.717) is 23.8 Å². The van der Waals surface area contributed by atoms with E-state index in [0.717, 1.165) is 9.33 Å². The number of furan rings is 1. The van der Waals surface area contributed by atoms with E-state index in [2.05, 4.69) is 33.1 Å². The van der Waals surface area contributed by atoms with Crippen molar-refractivity contribution < 1.29 is 13.9 Å². The van der Waals surface area contributed by atoms with E-state index in [9.17, 15) is 0 Å². The summed E-state index contributed by atoms with van der Waals surface area (Å²) in [6, 6.07) is 9.49. The summed E-state index contributed by atoms with van der Waals surface area (Å²) < 4.78 is 16.6. The summed E-state index contributed by atoms with van der Waals surface area (Å²) in [5.41, 5.74) is 4.01. The molecule has 1 aromatic carbocycles. The molecule has 2 aromatic rings. The molecule has 0 unspecified atom stereocenters. The van der Waals surface area contributed by atoms with Crippen molar-refractivity contribution >= 4 is 28.8 Å². The smallest absolute Gasteiger partial charge is 0.164 e. The van der Waals surface area contributed by atoms with E-state index in [4.69, 9.17) is 13.9 Å². The Morgan fingerprint density at radius 1 is 1.20 bits per heavy atom. The highest BCUT2D eigenvalue weighted by Gasteiger charge is 2.03. The second kappa shape index (κ2) is 7.18. The third-order valence-electron chi connectivity index (χ3n) is 2.61. The van der Waals surface area contributed by atoms with E-state index >= 15 is 0 Å². The van der Waals surface area contributed by atoms with Crippen molar-refractivity contribution in [1.82, 2.24) is 5.43 Å². The summed E-state index contributed by atoms with van der Waals surface area (Å²) in [6.45, 7) is 0.592. The number of hydrogen-bond donors (Lipinski definition) is 1. The van der Waals surface area contributed by atoms with Gasteiger partial charge < -0.3 is 19.3 Å². The molecule has 5 nitrogen and oxygen atoms in total. The van der Waals surface area contributed by atoms with Crippen LogP contribution in [0.2, 0.25) is 0 Å². The predicted octanol–water partition coefficient (Wildman–Crippen LogP) is 3.03. The lowest BCUT2D eigenvalue weighted by Crippen LogP contribution is -2.05. The fourth-order valence-electron chi connectivity index (χ4n) is 1.63. The largest absolute Gasteiger partial charge is 0.493 e. The summed E-state index contributed by atoms with van der Waals surface area (Å²) in [6.07, 6.45) is 1.64. The summed E-state index contributed by atoms with van der Waals surface area (Å²) in [5.74, 6) is 2.13. The van der Waals surface area contributed by atoms with Gasteiger partial charge in [-0.05, 0) is 52.4 Å². The molecule has 6 heteroatoms. The van der Waals surface area contributed by atoms with Crippen LogP contribution in [0.15, 0.2) is 39.9 Å². The average molecular weight is 386 g/mol. The summed E-state index contributed by atoms with van der Waals surface area (Å²) in [5, 5.41) is 4.10. The van der Waals surface area contributed by atoms with Crippen molar-refractivity contribution in [2.75, 3.05) is 14.2 Å². The molecule has 0 fully saturated rings. The van der Waals surface area contributed by atoms with Crippen LogP contribution in [0.5, 0.6) is 11.5 Å². The first-order valence-corrected chi connectivity index (χ1v) is 7.03. The van der Waals surface area contributed by atoms with E-state index in [1.165, 1.54) is 0 Å². The molecule has 0 bridgehead atoms. The zero-order chi connectivity index (χ0) is 14.4. The molecule has 106 valence electrons. The molecule has 0 saturated carbocycles. The third kappa shape index (κ3) is 3.89. The van der Waals surface area contributed by atoms with Gasteiger partial charge in [0.05, 0.1) is 27.0 Å². The Kier molecular flexibility index (Phi) is 5.28. The molecule has 0 radical (unpaired) electrons. The first-order valence-electron chi connectivity index (χ1n) is 5.95. The van der Waals surface area contributed by atoms with E-state index in [-0.39, 0.29) is 0 Å². The van der Waals surface area contributed by atoms with Crippen LogP contribution < -0.4 is 14.9 Å². The van der Waals surface area contributed by atoms with Crippen LogP contribution in [0.25, 0.3) is 0 Å². The number of methoxy groups -OCH3 is 2. The minimum Gasteiger partial charge on any atom is -0.493 e. The Balaban J connectivity index is 1.92. The first kappa shape index (κ1) is 14.7. The van der Waals surface area contributed by atoms with E-state index in [1.54, 1.807) is 20.4 Å². The molecule has 0 aliphatic heterocycles. The van der Waals surface area contributed by atoms with Gasteiger partial charge in [0, 0.05) is 0 Å². The van der Waals surface area contributed by atoms with Gasteiger partial charge in [0.15, 0.2) is 15.3 Å². The Morgan fingerprint density at radius 2 is 2.00 bits per heavy atom. The van der Waals surface area contributed by atoms with Crippen LogP contribution in [0.1, 0.15) is 11.3 Å². The minimum atomic E-state index is 0.592. The number of nitrogens with zero attached hydrogens (tertiary/aromatic N) is 1. The van der Waals surface area contributed by atoms with Crippen LogP contribution in [0.3, 0.4) is 0 Å². The lowest BCUT2D eigenvalue weighted by Gasteiger charge is -2.09. The molecule has 1 heterocycles. The van der Waals surface area contributed by atoms with Gasteiger partial charge in [0.2, 0.25) is 0 Å². The molecular formula is C14H15IN2O3. The van der Waals surface area contributed by atoms with Gasteiger partial charge in [-0.3, -0.25) is 0 Å². The van der Waals surface area contributed by atoms with Gasteiger partial charge in [-0.2, -0.15) is 5.10 Å². The van der Waals surface area contributed by atoms with Crippen LogP contribution in [0.4, 0.5) is 0 Å². The number of rotatable bonds is 6. The van der Waals surface area contributed by atoms with Gasteiger partial charge in [-0.1, -0.05) is 6.07 Å². The second-order valence-corrected chi connectivity index (χ2v) is 4.99. The fraction of sp³-hybridized carbons (Fsp3) is 0.214. The molecule has 0 atom stereocenters. The minimum absolute atomic E-state index is 0.592. The Bertz CT molecular complexity index is 596. The lowest BCUT2D eigenvalue weighted by molar-refractivity contribution is 0.354. The number of ether oxygens (including phenoxy) is 2. The maximum Gasteiger partial charge on any atom is 0.164 e. The van der Waals surface area contributed by atoms with Crippen LogP contribution in [-0.2, 0) is 6.54 Å². The van der Waals surface area contributed by atoms with Gasteiger partial charge >= 0.3 is 0 Å². The summed E-state index contributed by atoms with van der Waals surface area (Å²) in [4.78, 5) is 0. The number of hydrogen-bond acceptors (Lipinski definition) is 5. The maximum atomic E-state index is 5.36. The average Bonchev–Trinajstić information content (AvgIpc) is 2.89. The SMILES string of the molecule is COc1ccc(CN/N=C/c2ccc(I)o2)cc1OC. The molecule has 20 heavy (non-hydrogen) atoms. The lowest BCUT2D eigenvalue weighted by atomic mass is 10.2. The topological polar surface area (TPSA) is 56.0 Å². The maximum absolute atomic E-state index is 5.36. The van der Waals surface area contributed by atoms with Crippen molar-refractivity contribution in [3.05, 3.63) is 45.4 Å². The molecule has 1 aromatic heterocycles. The molecule has 1 N–H and O–H groups in total. The zero-order valence-electron chi connectivity index (χ0n) is 11.2. The van der Waals surface area contributed by atoms with Gasteiger partial charge in [-0.25, -0.2) is 0 Å². The molecule has 0 saturated heterocycles. The summed E-state index contributed by atoms with van der Waals surface area (Å²) in [7, 11) is 3.23. The Morgan fingerprint density at radius 3 is 2.65 bits per heavy atom. The monoisotopic (exact) mass is 386 g/mol. The van der Waals surface area contributed by atoms with Crippen molar-refractivity contribution in [2.45, 2.75) is 6.54 Å². The molecule has 0 spiro atoms. The molecule has 0 aliphatic carbocycles. The highest BCUT2D eigenvalue weighted by molar-refractivity contribution is 14.1. The standard InChI is InChI=1S/C14H15IN2O3/c1-18-12-5-3-10(7-13(12)19-2)8-16-17-9-11-4-6-14(15)20-11/h3-7,9,16H,8H2,1-2H3/b17-9+. The first-order chi connectivity index (χ1) is 9.72. The van der Waals surface area contributed by atoms with Crippen LogP contribution in [-0.4, -0.2) is 20.4 Å². The van der Waals surface area contributed by atoms with Crippen LogP contribution in [0, 0.1) is 3.77 Å². The quantitative estimate of drug-likeness (QED) is 0.471. The van der Waals surface area contributed by atoms with E-state index < -0.39 is 0 Å². The number of hydrazone groups is 1. The van der Waals surface area contributed by atoms with E-state index in [1.807, 2.05) is 30.3 Å². The highest BCUT2D eigenvalue weighted by Crippen LogP contribution is 2.27. The second-order valence-electron chi connectivity index (χ2n) is 3.92. The molecule has 2 rings (SSSR count). The van der Waals surface area contributed by atoms with Crippen molar-refractivity contribution in [3.8, 4) is 11.5 Å². The summed E-state index contributed by atoms with van der Waals surface area (Å²) >= 11 is 2.11. The van der Waals surface area contributed by atoms with Crippen LogP contribution >= 0.6 is 22.6 Å². The number of benzene rings is 1. The molecule has 0 aliphatic rings. The highest BCUT2D eigenvalue weighted by atomic mass is 127. The number of nitrogens with one attached hydrogen (secondary N) is 1. The molecule has 0 amide bonds. The van der Waals surface area contributed by atoms with Gasteiger partial charge in [-0.15, -0.1) is 0 Å². The van der Waals surface area contributed by atoms with Crippen molar-refractivity contribution in [2.24, 2.45) is 5.10 Å². The Hall–Kier alpha value is -1.70. The van der Waals surface area contributed by atoms with Crippen molar-refractivity contribution in [3.63, 3.8) is 0 Å². The number of halogens is 1. The van der Waals surface area contributed by atoms with Gasteiger partial charge in [0.25, 0.3) is 0 Å². The molecular weight excluding hydrogens is 371 g/mol.